The Kier molecular flexibility index (Phi) is 7.86. The number of halogens is 1. The van der Waals surface area contributed by atoms with Gasteiger partial charge in [-0.05, 0) is 42.5 Å². The predicted molar refractivity (Wildman–Crippen MR) is 110 cm³/mol. The summed E-state index contributed by atoms with van der Waals surface area (Å²) >= 11 is 6.21. The summed E-state index contributed by atoms with van der Waals surface area (Å²) in [5.41, 5.74) is 3.09. The highest BCUT2D eigenvalue weighted by Crippen LogP contribution is 2.20. The first-order valence-electron chi connectivity index (χ1n) is 9.26. The molecular weight excluding hydrogens is 360 g/mol. The Morgan fingerprint density at radius 1 is 1.07 bits per heavy atom. The third-order valence-electron chi connectivity index (χ3n) is 4.80. The van der Waals surface area contributed by atoms with Crippen molar-refractivity contribution in [3.8, 4) is 0 Å². The Morgan fingerprint density at radius 3 is 2.30 bits per heavy atom. The van der Waals surface area contributed by atoms with Crippen LogP contribution in [0.2, 0.25) is 5.02 Å². The molecule has 4 nitrogen and oxygen atoms in total. The Bertz CT molecular complexity index is 791. The zero-order valence-corrected chi connectivity index (χ0v) is 16.9. The van der Waals surface area contributed by atoms with Crippen LogP contribution in [0.25, 0.3) is 0 Å². The number of aryl methyl sites for hydroxylation is 2. The van der Waals surface area contributed by atoms with Gasteiger partial charge in [-0.1, -0.05) is 61.0 Å². The molecule has 0 aliphatic rings. The molecule has 1 N–H and O–H groups in total. The quantitative estimate of drug-likeness (QED) is 0.741. The van der Waals surface area contributed by atoms with Crippen LogP contribution in [0.4, 0.5) is 0 Å². The van der Waals surface area contributed by atoms with E-state index in [1.807, 2.05) is 62.4 Å². The summed E-state index contributed by atoms with van der Waals surface area (Å²) in [5.74, 6) is -0.189. The maximum absolute atomic E-state index is 13.1. The van der Waals surface area contributed by atoms with E-state index in [0.29, 0.717) is 30.8 Å². The molecule has 0 aliphatic heterocycles. The second-order valence-electron chi connectivity index (χ2n) is 6.58. The average Bonchev–Trinajstić information content (AvgIpc) is 2.68. The number of likely N-dealkylation sites (N-methyl/N-ethyl adjacent to an activating group) is 1. The maximum Gasteiger partial charge on any atom is 0.242 e. The number of carbonyl (C=O) groups excluding carboxylic acids is 2. The van der Waals surface area contributed by atoms with Gasteiger partial charge in [0.1, 0.15) is 6.04 Å². The van der Waals surface area contributed by atoms with E-state index < -0.39 is 6.04 Å². The molecule has 0 bridgehead atoms. The van der Waals surface area contributed by atoms with E-state index in [1.54, 1.807) is 11.9 Å². The zero-order valence-electron chi connectivity index (χ0n) is 16.2. The van der Waals surface area contributed by atoms with E-state index in [1.165, 1.54) is 0 Å². The molecule has 0 aromatic heterocycles. The van der Waals surface area contributed by atoms with Gasteiger partial charge in [0.15, 0.2) is 0 Å². The number of carbonyl (C=O) groups is 2. The number of hydrogen-bond donors (Lipinski definition) is 1. The molecule has 5 heteroatoms. The SMILES string of the molecule is CCC(C(=O)NC)N(Cc1ccccc1C)C(=O)CCc1ccccc1Cl. The van der Waals surface area contributed by atoms with Crippen LogP contribution in [0.5, 0.6) is 0 Å². The average molecular weight is 387 g/mol. The molecular formula is C22H27ClN2O2. The highest BCUT2D eigenvalue weighted by molar-refractivity contribution is 6.31. The fourth-order valence-corrected chi connectivity index (χ4v) is 3.37. The third kappa shape index (κ3) is 5.57. The molecule has 2 aromatic carbocycles. The van der Waals surface area contributed by atoms with Gasteiger partial charge in [0.05, 0.1) is 0 Å². The van der Waals surface area contributed by atoms with Crippen molar-refractivity contribution in [1.29, 1.82) is 0 Å². The lowest BCUT2D eigenvalue weighted by atomic mass is 10.0. The van der Waals surface area contributed by atoms with Gasteiger partial charge in [-0.25, -0.2) is 0 Å². The van der Waals surface area contributed by atoms with E-state index in [9.17, 15) is 9.59 Å². The standard InChI is InChI=1S/C22H27ClN2O2/c1-4-20(22(27)24-3)25(15-18-11-6-5-9-16(18)2)21(26)14-13-17-10-7-8-12-19(17)23/h5-12,20H,4,13-15H2,1-3H3,(H,24,27). The van der Waals surface area contributed by atoms with E-state index in [-0.39, 0.29) is 11.8 Å². The van der Waals surface area contributed by atoms with E-state index >= 15 is 0 Å². The second kappa shape index (κ2) is 10.1. The Morgan fingerprint density at radius 2 is 1.70 bits per heavy atom. The van der Waals surface area contributed by atoms with Crippen molar-refractivity contribution in [2.75, 3.05) is 7.05 Å². The van der Waals surface area contributed by atoms with Gasteiger partial charge in [-0.2, -0.15) is 0 Å². The lowest BCUT2D eigenvalue weighted by Gasteiger charge is -2.31. The smallest absolute Gasteiger partial charge is 0.242 e. The molecule has 1 atom stereocenters. The largest absolute Gasteiger partial charge is 0.357 e. The van der Waals surface area contributed by atoms with Crippen LogP contribution in [0, 0.1) is 6.92 Å². The lowest BCUT2D eigenvalue weighted by molar-refractivity contribution is -0.141. The molecule has 2 rings (SSSR count). The predicted octanol–water partition coefficient (Wildman–Crippen LogP) is 4.13. The number of amides is 2. The molecule has 0 heterocycles. The molecule has 0 saturated carbocycles. The topological polar surface area (TPSA) is 49.4 Å². The highest BCUT2D eigenvalue weighted by Gasteiger charge is 2.28. The number of benzene rings is 2. The summed E-state index contributed by atoms with van der Waals surface area (Å²) in [5, 5.41) is 3.34. The lowest BCUT2D eigenvalue weighted by Crippen LogP contribution is -2.48. The van der Waals surface area contributed by atoms with Gasteiger partial charge in [0.2, 0.25) is 11.8 Å². The number of nitrogens with zero attached hydrogens (tertiary/aromatic N) is 1. The van der Waals surface area contributed by atoms with Crippen LogP contribution in [0.3, 0.4) is 0 Å². The van der Waals surface area contributed by atoms with Crippen molar-refractivity contribution < 1.29 is 9.59 Å². The van der Waals surface area contributed by atoms with Crippen molar-refractivity contribution in [3.63, 3.8) is 0 Å². The molecule has 0 radical (unpaired) electrons. The molecule has 144 valence electrons. The van der Waals surface area contributed by atoms with Crippen LogP contribution >= 0.6 is 11.6 Å². The first-order valence-corrected chi connectivity index (χ1v) is 9.64. The fourth-order valence-electron chi connectivity index (χ4n) is 3.14. The summed E-state index contributed by atoms with van der Waals surface area (Å²) < 4.78 is 0. The monoisotopic (exact) mass is 386 g/mol. The van der Waals surface area contributed by atoms with Gasteiger partial charge in [-0.3, -0.25) is 9.59 Å². The third-order valence-corrected chi connectivity index (χ3v) is 5.17. The Balaban J connectivity index is 2.22. The van der Waals surface area contributed by atoms with Crippen LogP contribution in [0.1, 0.15) is 36.5 Å². The Hall–Kier alpha value is -2.33. The van der Waals surface area contributed by atoms with Crippen molar-refractivity contribution in [2.45, 2.75) is 45.7 Å². The van der Waals surface area contributed by atoms with Crippen molar-refractivity contribution in [3.05, 3.63) is 70.2 Å². The summed E-state index contributed by atoms with van der Waals surface area (Å²) in [6, 6.07) is 15.0. The maximum atomic E-state index is 13.1. The van der Waals surface area contributed by atoms with E-state index in [4.69, 9.17) is 11.6 Å². The molecule has 0 saturated heterocycles. The summed E-state index contributed by atoms with van der Waals surface area (Å²) in [6.07, 6.45) is 1.42. The van der Waals surface area contributed by atoms with Gasteiger partial charge in [-0.15, -0.1) is 0 Å². The van der Waals surface area contributed by atoms with Gasteiger partial charge in [0, 0.05) is 25.0 Å². The molecule has 0 fully saturated rings. The van der Waals surface area contributed by atoms with Gasteiger partial charge in [0.25, 0.3) is 0 Å². The molecule has 2 aromatic rings. The molecule has 27 heavy (non-hydrogen) atoms. The summed E-state index contributed by atoms with van der Waals surface area (Å²) in [6.45, 7) is 4.36. The van der Waals surface area contributed by atoms with E-state index in [2.05, 4.69) is 5.32 Å². The normalized spacial score (nSPS) is 11.7. The summed E-state index contributed by atoms with van der Waals surface area (Å²) in [7, 11) is 1.60. The van der Waals surface area contributed by atoms with Crippen molar-refractivity contribution in [2.24, 2.45) is 0 Å². The van der Waals surface area contributed by atoms with Crippen LogP contribution in [-0.4, -0.2) is 29.8 Å². The van der Waals surface area contributed by atoms with Crippen molar-refractivity contribution >= 4 is 23.4 Å². The van der Waals surface area contributed by atoms with Gasteiger partial charge >= 0.3 is 0 Å². The fraction of sp³-hybridized carbons (Fsp3) is 0.364. The minimum absolute atomic E-state index is 0.0476. The van der Waals surface area contributed by atoms with Crippen LogP contribution < -0.4 is 5.32 Å². The van der Waals surface area contributed by atoms with Crippen LogP contribution in [-0.2, 0) is 22.6 Å². The molecule has 0 spiro atoms. The first-order chi connectivity index (χ1) is 13.0. The molecule has 1 unspecified atom stereocenters. The highest BCUT2D eigenvalue weighted by atomic mass is 35.5. The zero-order chi connectivity index (χ0) is 19.8. The molecule has 0 aliphatic carbocycles. The summed E-state index contributed by atoms with van der Waals surface area (Å²) in [4.78, 5) is 27.1. The minimum atomic E-state index is -0.492. The van der Waals surface area contributed by atoms with Gasteiger partial charge < -0.3 is 10.2 Å². The van der Waals surface area contributed by atoms with Crippen LogP contribution in [0.15, 0.2) is 48.5 Å². The number of hydrogen-bond acceptors (Lipinski definition) is 2. The second-order valence-corrected chi connectivity index (χ2v) is 6.99. The number of rotatable bonds is 8. The van der Waals surface area contributed by atoms with E-state index in [0.717, 1.165) is 16.7 Å². The first kappa shape index (κ1) is 21.0. The minimum Gasteiger partial charge on any atom is -0.357 e. The van der Waals surface area contributed by atoms with Crippen molar-refractivity contribution in [1.82, 2.24) is 10.2 Å². The number of nitrogens with one attached hydrogen (secondary N) is 1. The molecule has 2 amide bonds. The Labute approximate surface area is 166 Å².